The van der Waals surface area contributed by atoms with Gasteiger partial charge >= 0.3 is 23.9 Å². The third-order valence-corrected chi connectivity index (χ3v) is 3.48. The molecule has 0 radical (unpaired) electrons. The Bertz CT molecular complexity index is 511. The molecule has 0 spiro atoms. The first-order chi connectivity index (χ1) is 9.41. The van der Waals surface area contributed by atoms with Crippen molar-refractivity contribution in [3.8, 4) is 0 Å². The average Bonchev–Trinajstić information content (AvgIpc) is 2.33. The SMILES string of the molecule is O=C(OCc1ccccc1I)C(O)(C(F)(F)F)C(F)(F)F. The van der Waals surface area contributed by atoms with Crippen molar-refractivity contribution in [2.75, 3.05) is 0 Å². The van der Waals surface area contributed by atoms with Crippen LogP contribution in [0.2, 0.25) is 0 Å². The fourth-order valence-corrected chi connectivity index (χ4v) is 1.80. The lowest BCUT2D eigenvalue weighted by molar-refractivity contribution is -0.357. The average molecular weight is 428 g/mol. The van der Waals surface area contributed by atoms with Crippen molar-refractivity contribution in [1.29, 1.82) is 0 Å². The van der Waals surface area contributed by atoms with E-state index in [-0.39, 0.29) is 5.56 Å². The highest BCUT2D eigenvalue weighted by molar-refractivity contribution is 14.1. The maximum absolute atomic E-state index is 12.4. The van der Waals surface area contributed by atoms with Crippen LogP contribution in [0.25, 0.3) is 0 Å². The lowest BCUT2D eigenvalue weighted by atomic mass is 10.0. The highest BCUT2D eigenvalue weighted by Crippen LogP contribution is 2.43. The molecule has 3 nitrogen and oxygen atoms in total. The lowest BCUT2D eigenvalue weighted by Gasteiger charge is -2.29. The predicted octanol–water partition coefficient (Wildman–Crippen LogP) is 3.19. The monoisotopic (exact) mass is 428 g/mol. The molecule has 0 saturated carbocycles. The number of hydrogen-bond donors (Lipinski definition) is 1. The molecule has 0 saturated heterocycles. The summed E-state index contributed by atoms with van der Waals surface area (Å²) in [5, 5.41) is 8.77. The molecule has 0 aliphatic heterocycles. The highest BCUT2D eigenvalue weighted by atomic mass is 127. The molecule has 0 heterocycles. The second-order valence-corrected chi connectivity index (χ2v) is 5.04. The molecule has 0 aromatic heterocycles. The first-order valence-corrected chi connectivity index (χ1v) is 6.25. The number of rotatable bonds is 3. The number of benzene rings is 1. The molecule has 21 heavy (non-hydrogen) atoms. The molecular formula is C11H7F6IO3. The van der Waals surface area contributed by atoms with Crippen molar-refractivity contribution in [2.45, 2.75) is 24.6 Å². The maximum Gasteiger partial charge on any atom is 0.437 e. The van der Waals surface area contributed by atoms with E-state index in [2.05, 4.69) is 4.74 Å². The van der Waals surface area contributed by atoms with Gasteiger partial charge in [-0.1, -0.05) is 18.2 Å². The van der Waals surface area contributed by atoms with Gasteiger partial charge in [0.05, 0.1) is 0 Å². The van der Waals surface area contributed by atoms with Crippen LogP contribution in [-0.4, -0.2) is 29.0 Å². The summed E-state index contributed by atoms with van der Waals surface area (Å²) < 4.78 is 78.8. The molecule has 0 unspecified atom stereocenters. The van der Waals surface area contributed by atoms with Gasteiger partial charge < -0.3 is 9.84 Å². The third kappa shape index (κ3) is 3.59. The van der Waals surface area contributed by atoms with Gasteiger partial charge in [0.1, 0.15) is 6.61 Å². The van der Waals surface area contributed by atoms with Crippen LogP contribution in [0.3, 0.4) is 0 Å². The van der Waals surface area contributed by atoms with E-state index in [0.717, 1.165) is 0 Å². The number of aliphatic hydroxyl groups is 1. The van der Waals surface area contributed by atoms with Crippen LogP contribution in [0.1, 0.15) is 5.56 Å². The third-order valence-electron chi connectivity index (χ3n) is 2.43. The van der Waals surface area contributed by atoms with Crippen molar-refractivity contribution < 1.29 is 41.0 Å². The van der Waals surface area contributed by atoms with Gasteiger partial charge in [-0.25, -0.2) is 4.79 Å². The molecule has 1 N–H and O–H groups in total. The zero-order valence-electron chi connectivity index (χ0n) is 9.93. The van der Waals surface area contributed by atoms with Crippen LogP contribution in [0.4, 0.5) is 26.3 Å². The Morgan fingerprint density at radius 1 is 1.10 bits per heavy atom. The maximum atomic E-state index is 12.4. The Morgan fingerprint density at radius 2 is 1.57 bits per heavy atom. The Labute approximate surface area is 128 Å². The normalized spacial score (nSPS) is 13.1. The smallest absolute Gasteiger partial charge is 0.437 e. The van der Waals surface area contributed by atoms with Gasteiger partial charge in [-0.2, -0.15) is 26.3 Å². The number of halogens is 7. The summed E-state index contributed by atoms with van der Waals surface area (Å²) in [5.74, 6) is -2.82. The summed E-state index contributed by atoms with van der Waals surface area (Å²) in [5.41, 5.74) is -5.35. The number of alkyl halides is 6. The van der Waals surface area contributed by atoms with E-state index >= 15 is 0 Å². The first kappa shape index (κ1) is 18.0. The standard InChI is InChI=1S/C11H7F6IO3/c12-10(13,14)9(20,11(15,16)17)8(19)21-5-6-3-1-2-4-7(6)18/h1-4,20H,5H2. The van der Waals surface area contributed by atoms with E-state index in [9.17, 15) is 31.1 Å². The van der Waals surface area contributed by atoms with Gasteiger partial charge in [0.2, 0.25) is 0 Å². The van der Waals surface area contributed by atoms with Crippen LogP contribution < -0.4 is 0 Å². The molecule has 1 aromatic carbocycles. The molecule has 1 aromatic rings. The number of carbonyl (C=O) groups is 1. The number of carbonyl (C=O) groups excluding carboxylic acids is 1. The minimum atomic E-state index is -6.24. The molecule has 0 aliphatic carbocycles. The summed E-state index contributed by atoms with van der Waals surface area (Å²) >= 11 is 1.76. The quantitative estimate of drug-likeness (QED) is 0.457. The van der Waals surface area contributed by atoms with Crippen molar-refractivity contribution in [1.82, 2.24) is 0 Å². The van der Waals surface area contributed by atoms with E-state index in [1.54, 1.807) is 28.7 Å². The molecule has 0 bridgehead atoms. The molecule has 0 aliphatic rings. The minimum absolute atomic E-state index is 0.207. The van der Waals surface area contributed by atoms with E-state index in [0.29, 0.717) is 3.57 Å². The van der Waals surface area contributed by atoms with Gasteiger partial charge in [-0.3, -0.25) is 0 Å². The second-order valence-electron chi connectivity index (χ2n) is 3.87. The van der Waals surface area contributed by atoms with Crippen LogP contribution in [-0.2, 0) is 16.1 Å². The number of esters is 1. The van der Waals surface area contributed by atoms with Gasteiger partial charge in [-0.15, -0.1) is 0 Å². The van der Waals surface area contributed by atoms with E-state index < -0.39 is 30.5 Å². The fourth-order valence-electron chi connectivity index (χ4n) is 1.26. The molecular weight excluding hydrogens is 421 g/mol. The first-order valence-electron chi connectivity index (χ1n) is 5.17. The zero-order chi connectivity index (χ0) is 16.5. The lowest BCUT2D eigenvalue weighted by Crippen LogP contribution is -2.62. The zero-order valence-corrected chi connectivity index (χ0v) is 12.1. The number of ether oxygens (including phenoxy) is 1. The van der Waals surface area contributed by atoms with Gasteiger partial charge in [0.15, 0.2) is 0 Å². The summed E-state index contributed by atoms with van der Waals surface area (Å²) in [6, 6.07) is 5.92. The Kier molecular flexibility index (Phi) is 5.13. The Balaban J connectivity index is 2.97. The van der Waals surface area contributed by atoms with Crippen molar-refractivity contribution in [2.24, 2.45) is 0 Å². The van der Waals surface area contributed by atoms with Gasteiger partial charge in [0.25, 0.3) is 0 Å². The van der Waals surface area contributed by atoms with Crippen LogP contribution in [0.5, 0.6) is 0 Å². The van der Waals surface area contributed by atoms with E-state index in [1.807, 2.05) is 0 Å². The summed E-state index contributed by atoms with van der Waals surface area (Å²) in [6.07, 6.45) is -12.5. The van der Waals surface area contributed by atoms with E-state index in [4.69, 9.17) is 5.11 Å². The summed E-state index contributed by atoms with van der Waals surface area (Å²) in [7, 11) is 0. The molecule has 1 rings (SSSR count). The molecule has 118 valence electrons. The van der Waals surface area contributed by atoms with Crippen LogP contribution >= 0.6 is 22.6 Å². The molecule has 10 heteroatoms. The Hall–Kier alpha value is -1.04. The minimum Gasteiger partial charge on any atom is -0.458 e. The predicted molar refractivity (Wildman–Crippen MR) is 66.0 cm³/mol. The summed E-state index contributed by atoms with van der Waals surface area (Å²) in [4.78, 5) is 11.1. The molecule has 0 amide bonds. The largest absolute Gasteiger partial charge is 0.458 e. The van der Waals surface area contributed by atoms with E-state index in [1.165, 1.54) is 18.2 Å². The van der Waals surface area contributed by atoms with Crippen molar-refractivity contribution in [3.05, 3.63) is 33.4 Å². The van der Waals surface area contributed by atoms with Crippen molar-refractivity contribution >= 4 is 28.6 Å². The van der Waals surface area contributed by atoms with Crippen LogP contribution in [0.15, 0.2) is 24.3 Å². The Morgan fingerprint density at radius 3 is 2.00 bits per heavy atom. The van der Waals surface area contributed by atoms with Crippen LogP contribution in [0, 0.1) is 3.57 Å². The summed E-state index contributed by atoms with van der Waals surface area (Å²) in [6.45, 7) is -0.827. The molecule has 0 fully saturated rings. The van der Waals surface area contributed by atoms with Gasteiger partial charge in [-0.05, 0) is 28.7 Å². The van der Waals surface area contributed by atoms with Crippen molar-refractivity contribution in [3.63, 3.8) is 0 Å². The second kappa shape index (κ2) is 5.99. The number of hydrogen-bond acceptors (Lipinski definition) is 3. The topological polar surface area (TPSA) is 46.5 Å². The van der Waals surface area contributed by atoms with Gasteiger partial charge in [0, 0.05) is 9.13 Å². The molecule has 0 atom stereocenters. The fraction of sp³-hybridized carbons (Fsp3) is 0.364. The highest BCUT2D eigenvalue weighted by Gasteiger charge is 2.76.